The Balaban J connectivity index is 0.000000191. The van der Waals surface area contributed by atoms with Crippen molar-refractivity contribution in [3.05, 3.63) is 153 Å². The van der Waals surface area contributed by atoms with Crippen molar-refractivity contribution >= 4 is 39.3 Å². The fourth-order valence-corrected chi connectivity index (χ4v) is 10.6. The Hall–Kier alpha value is -8.55. The second kappa shape index (κ2) is 21.8. The molecule has 2 aliphatic rings. The van der Waals surface area contributed by atoms with E-state index in [1.165, 1.54) is 47.3 Å². The van der Waals surface area contributed by atoms with Crippen LogP contribution >= 0.6 is 0 Å². The zero-order valence-corrected chi connectivity index (χ0v) is 44.5. The van der Waals surface area contributed by atoms with Crippen LogP contribution in [-0.4, -0.2) is 98.3 Å². The first kappa shape index (κ1) is 54.2. The lowest BCUT2D eigenvalue weighted by Gasteiger charge is -2.40. The van der Waals surface area contributed by atoms with E-state index in [9.17, 15) is 33.4 Å². The molecular formula is C58H59F4N11O5. The second-order valence-corrected chi connectivity index (χ2v) is 20.3. The van der Waals surface area contributed by atoms with Gasteiger partial charge >= 0.3 is 11.4 Å². The van der Waals surface area contributed by atoms with Crippen molar-refractivity contribution in [1.29, 1.82) is 0 Å². The molecule has 2 N–H and O–H groups in total. The van der Waals surface area contributed by atoms with Gasteiger partial charge in [0.15, 0.2) is 11.6 Å². The van der Waals surface area contributed by atoms with Gasteiger partial charge in [-0.15, -0.1) is 0 Å². The molecule has 8 aromatic rings. The van der Waals surface area contributed by atoms with Crippen LogP contribution in [0.3, 0.4) is 0 Å². The summed E-state index contributed by atoms with van der Waals surface area (Å²) in [4.78, 5) is 71.7. The smallest absolute Gasteiger partial charge is 0.354 e. The summed E-state index contributed by atoms with van der Waals surface area (Å²) in [5.74, 6) is -4.38. The lowest BCUT2D eigenvalue weighted by Crippen LogP contribution is -2.54. The number of carbonyl (C=O) groups is 1. The highest BCUT2D eigenvalue weighted by atomic mass is 19.1. The highest BCUT2D eigenvalue weighted by Gasteiger charge is 2.33. The predicted molar refractivity (Wildman–Crippen MR) is 292 cm³/mol. The Morgan fingerprint density at radius 3 is 1.53 bits per heavy atom. The van der Waals surface area contributed by atoms with Gasteiger partial charge in [0.2, 0.25) is 5.91 Å². The van der Waals surface area contributed by atoms with Crippen molar-refractivity contribution in [2.75, 3.05) is 36.0 Å². The van der Waals surface area contributed by atoms with E-state index in [1.807, 2.05) is 51.3 Å². The van der Waals surface area contributed by atoms with E-state index >= 15 is 8.78 Å². The van der Waals surface area contributed by atoms with Crippen molar-refractivity contribution in [3.8, 4) is 45.4 Å². The summed E-state index contributed by atoms with van der Waals surface area (Å²) in [7, 11) is 0. The molecule has 8 heterocycles. The molecule has 0 unspecified atom stereocenters. The number of piperidine rings is 1. The Bertz CT molecular complexity index is 3770. The van der Waals surface area contributed by atoms with Crippen LogP contribution in [0.2, 0.25) is 0 Å². The van der Waals surface area contributed by atoms with Gasteiger partial charge in [-0.25, -0.2) is 27.2 Å². The minimum atomic E-state index is -0.991. The molecule has 16 nitrogen and oxygen atoms in total. The minimum absolute atomic E-state index is 0.0707. The largest absolute Gasteiger partial charge is 0.507 e. The number of piperazine rings is 1. The third-order valence-corrected chi connectivity index (χ3v) is 14.5. The molecule has 0 radical (unpaired) electrons. The van der Waals surface area contributed by atoms with Gasteiger partial charge in [-0.1, -0.05) is 46.4 Å². The standard InChI is InChI=1S/C30H30F2N6O3.C28H29F2N5O2/c1-6-22(40)36-12-13-37(18(5)15-36)29-19-14-34-26(23-20(31)8-7-9-21(23)39)24(32)28(19)38(30(41)35-29)27-17(4)10-11-33-25(27)16(2)3;1-15(2)23-25(16(3)11-12-31-23)35-26-18(27(33-28(35)37)34-13-6-5-8-17(34)4)14-32-24(22(26)30)21-19(29)9-7-10-20(21)36/h6-11,14,16,18,39H,1,12-13,15H2,2-5H3;7,9-12,14-15,17,36H,5-6,8,13H2,1-4H3/t18-;17-/m00/s1. The van der Waals surface area contributed by atoms with E-state index in [4.69, 9.17) is 0 Å². The molecular weight excluding hydrogens is 1010 g/mol. The van der Waals surface area contributed by atoms with Crippen LogP contribution in [0.1, 0.15) is 95.2 Å². The number of fused-ring (bicyclic) bond motifs is 2. The Morgan fingerprint density at radius 2 is 1.12 bits per heavy atom. The predicted octanol–water partition coefficient (Wildman–Crippen LogP) is 10.1. The maximum absolute atomic E-state index is 16.7. The summed E-state index contributed by atoms with van der Waals surface area (Å²) in [6.45, 7) is 20.5. The van der Waals surface area contributed by atoms with Crippen LogP contribution in [0.5, 0.6) is 11.5 Å². The number of carbonyl (C=O) groups excluding carboxylic acids is 1. The zero-order chi connectivity index (χ0) is 56.0. The van der Waals surface area contributed by atoms with Crippen LogP contribution in [0.25, 0.3) is 55.7 Å². The van der Waals surface area contributed by atoms with Gasteiger partial charge in [0.1, 0.15) is 57.2 Å². The Kier molecular flexibility index (Phi) is 15.2. The van der Waals surface area contributed by atoms with Crippen molar-refractivity contribution in [3.63, 3.8) is 0 Å². The Morgan fingerprint density at radius 1 is 0.654 bits per heavy atom. The number of benzene rings is 2. The number of aromatic hydroxyl groups is 2. The van der Waals surface area contributed by atoms with Crippen LogP contribution in [0, 0.1) is 37.1 Å². The molecule has 0 bridgehead atoms. The van der Waals surface area contributed by atoms with Gasteiger partial charge < -0.3 is 24.9 Å². The molecule has 0 aliphatic carbocycles. The van der Waals surface area contributed by atoms with E-state index in [2.05, 4.69) is 43.4 Å². The zero-order valence-electron chi connectivity index (χ0n) is 44.5. The fourth-order valence-electron chi connectivity index (χ4n) is 10.6. The first-order chi connectivity index (χ1) is 37.2. The van der Waals surface area contributed by atoms with Crippen LogP contribution in [-0.2, 0) is 4.79 Å². The monoisotopic (exact) mass is 1070 g/mol. The number of aryl methyl sites for hydroxylation is 2. The van der Waals surface area contributed by atoms with Gasteiger partial charge in [0.25, 0.3) is 0 Å². The van der Waals surface area contributed by atoms with Gasteiger partial charge in [0, 0.05) is 63.1 Å². The number of aromatic nitrogens is 8. The quantitative estimate of drug-likeness (QED) is 0.103. The summed E-state index contributed by atoms with van der Waals surface area (Å²) < 4.78 is 65.4. The SMILES string of the molecule is C=CC(=O)N1CCN(c2nc(=O)n(-c3c(C)ccnc3C(C)C)c3c(F)c(-c4c(O)cccc4F)ncc23)[C@@H](C)C1.Cc1ccnc(C(C)C)c1-n1c(=O)nc(N2CCCC[C@@H]2C)c2cnc(-c3c(O)cccc3F)c(F)c21. The van der Waals surface area contributed by atoms with E-state index in [-0.39, 0.29) is 63.3 Å². The molecule has 0 spiro atoms. The van der Waals surface area contributed by atoms with Crippen molar-refractivity contribution < 1.29 is 32.6 Å². The summed E-state index contributed by atoms with van der Waals surface area (Å²) in [5.41, 5.74) is 0.102. The minimum Gasteiger partial charge on any atom is -0.507 e. The number of phenolic OH excluding ortho intramolecular Hbond substituents is 2. The summed E-state index contributed by atoms with van der Waals surface area (Å²) in [5, 5.41) is 21.4. The molecule has 1 amide bonds. The van der Waals surface area contributed by atoms with Crippen LogP contribution in [0.4, 0.5) is 29.2 Å². The molecule has 2 aromatic carbocycles. The average Bonchev–Trinajstić information content (AvgIpc) is 3.58. The number of nitrogens with zero attached hydrogens (tertiary/aromatic N) is 11. The fraction of sp³-hybridized carbons (Fsp3) is 0.328. The van der Waals surface area contributed by atoms with E-state index in [1.54, 1.807) is 36.4 Å². The van der Waals surface area contributed by atoms with E-state index in [0.717, 1.165) is 41.5 Å². The first-order valence-electron chi connectivity index (χ1n) is 25.8. The van der Waals surface area contributed by atoms with E-state index < -0.39 is 57.4 Å². The number of anilines is 2. The molecule has 404 valence electrons. The molecule has 10 rings (SSSR count). The molecule has 2 fully saturated rings. The number of halogens is 4. The summed E-state index contributed by atoms with van der Waals surface area (Å²) in [6.07, 6.45) is 10.2. The van der Waals surface area contributed by atoms with Crippen molar-refractivity contribution in [2.24, 2.45) is 0 Å². The molecule has 2 saturated heterocycles. The van der Waals surface area contributed by atoms with Crippen LogP contribution in [0.15, 0.2) is 95.6 Å². The number of phenols is 2. The maximum Gasteiger partial charge on any atom is 0.354 e. The third kappa shape index (κ3) is 9.68. The normalized spacial score (nSPS) is 15.8. The number of hydrogen-bond donors (Lipinski definition) is 2. The summed E-state index contributed by atoms with van der Waals surface area (Å²) >= 11 is 0. The van der Waals surface area contributed by atoms with Crippen LogP contribution < -0.4 is 21.2 Å². The summed E-state index contributed by atoms with van der Waals surface area (Å²) in [6, 6.07) is 10.7. The molecule has 0 saturated carbocycles. The topological polar surface area (TPSA) is 189 Å². The molecule has 78 heavy (non-hydrogen) atoms. The number of pyridine rings is 4. The maximum atomic E-state index is 16.7. The van der Waals surface area contributed by atoms with Gasteiger partial charge in [-0.2, -0.15) is 9.97 Å². The molecule has 20 heteroatoms. The number of hydrogen-bond acceptors (Lipinski definition) is 13. The van der Waals surface area contributed by atoms with Crippen molar-refractivity contribution in [2.45, 2.75) is 98.6 Å². The Labute approximate surface area is 447 Å². The third-order valence-electron chi connectivity index (χ3n) is 14.5. The number of rotatable bonds is 9. The highest BCUT2D eigenvalue weighted by molar-refractivity contribution is 5.95. The molecule has 2 atom stereocenters. The van der Waals surface area contributed by atoms with Crippen molar-refractivity contribution in [1.82, 2.24) is 43.9 Å². The van der Waals surface area contributed by atoms with E-state index in [0.29, 0.717) is 65.7 Å². The highest BCUT2D eigenvalue weighted by Crippen LogP contribution is 2.41. The average molecular weight is 1070 g/mol. The van der Waals surface area contributed by atoms with Gasteiger partial charge in [0.05, 0.1) is 44.7 Å². The second-order valence-electron chi connectivity index (χ2n) is 20.3. The van der Waals surface area contributed by atoms with Gasteiger partial charge in [-0.05, 0) is 112 Å². The van der Waals surface area contributed by atoms with Gasteiger partial charge in [-0.3, -0.25) is 33.9 Å². The first-order valence-corrected chi connectivity index (χ1v) is 25.8. The molecule has 2 aliphatic heterocycles. The lowest BCUT2D eigenvalue weighted by molar-refractivity contribution is -0.126. The molecule has 6 aromatic heterocycles. The lowest BCUT2D eigenvalue weighted by atomic mass is 10.0. The number of amides is 1.